The molecule has 1 aromatic heterocycles. The van der Waals surface area contributed by atoms with Crippen LogP contribution in [-0.4, -0.2) is 21.9 Å². The third kappa shape index (κ3) is 3.28. The number of rotatable bonds is 6. The molecule has 0 unspecified atom stereocenters. The van der Waals surface area contributed by atoms with Crippen molar-refractivity contribution < 1.29 is 9.52 Å². The molecule has 96 valence electrons. The Balaban J connectivity index is 2.04. The molecule has 6 heteroatoms. The van der Waals surface area contributed by atoms with Crippen molar-refractivity contribution in [1.29, 1.82) is 0 Å². The summed E-state index contributed by atoms with van der Waals surface area (Å²) in [4.78, 5) is 0. The molecule has 0 fully saturated rings. The lowest BCUT2D eigenvalue weighted by Gasteiger charge is -2.04. The van der Waals surface area contributed by atoms with Crippen LogP contribution in [0.3, 0.4) is 0 Å². The Bertz CT molecular complexity index is 498. The van der Waals surface area contributed by atoms with Crippen LogP contribution in [0.15, 0.2) is 28.7 Å². The van der Waals surface area contributed by atoms with Crippen LogP contribution >= 0.6 is 0 Å². The smallest absolute Gasteiger partial charge is 0.320 e. The van der Waals surface area contributed by atoms with Gasteiger partial charge < -0.3 is 20.6 Å². The first-order valence-corrected chi connectivity index (χ1v) is 5.81. The fourth-order valence-electron chi connectivity index (χ4n) is 1.60. The summed E-state index contributed by atoms with van der Waals surface area (Å²) in [6, 6.07) is 8.18. The molecular weight excluding hydrogens is 232 g/mol. The van der Waals surface area contributed by atoms with Crippen LogP contribution in [0.4, 0.5) is 11.7 Å². The molecule has 4 N–H and O–H groups in total. The second-order valence-corrected chi connectivity index (χ2v) is 3.86. The molecule has 0 aliphatic heterocycles. The fraction of sp³-hybridized carbons (Fsp3) is 0.333. The lowest BCUT2D eigenvalue weighted by molar-refractivity contribution is 0.288. The molecule has 0 aliphatic rings. The van der Waals surface area contributed by atoms with Gasteiger partial charge in [-0.15, -0.1) is 5.10 Å². The van der Waals surface area contributed by atoms with Crippen LogP contribution in [0.1, 0.15) is 17.9 Å². The molecular formula is C12H16N4O2. The Morgan fingerprint density at radius 2 is 2.22 bits per heavy atom. The number of nitrogens with zero attached hydrogens (tertiary/aromatic N) is 2. The number of nitrogens with two attached hydrogens (primary N) is 1. The average molecular weight is 248 g/mol. The standard InChI is InChI=1S/C12H16N4O2/c13-8-11-15-16-12(18-11)14-10-5-1-3-9(7-10)4-2-6-17/h1,3,5,7,17H,2,4,6,8,13H2,(H,14,16). The van der Waals surface area contributed by atoms with Crippen LogP contribution in [0.2, 0.25) is 0 Å². The normalized spacial score (nSPS) is 10.6. The summed E-state index contributed by atoms with van der Waals surface area (Å²) in [5.74, 6) is 0.397. The maximum Gasteiger partial charge on any atom is 0.320 e. The second kappa shape index (κ2) is 6.13. The number of anilines is 2. The summed E-state index contributed by atoms with van der Waals surface area (Å²) in [5, 5.41) is 19.4. The van der Waals surface area contributed by atoms with E-state index in [1.165, 1.54) is 0 Å². The number of nitrogens with one attached hydrogen (secondary N) is 1. The highest BCUT2D eigenvalue weighted by molar-refractivity contribution is 5.53. The van der Waals surface area contributed by atoms with Gasteiger partial charge in [-0.25, -0.2) is 0 Å². The van der Waals surface area contributed by atoms with Crippen LogP contribution < -0.4 is 11.1 Å². The monoisotopic (exact) mass is 248 g/mol. The molecule has 1 aromatic carbocycles. The van der Waals surface area contributed by atoms with E-state index in [9.17, 15) is 0 Å². The molecule has 1 heterocycles. The van der Waals surface area contributed by atoms with E-state index in [2.05, 4.69) is 15.5 Å². The number of aliphatic hydroxyl groups is 1. The average Bonchev–Trinajstić information content (AvgIpc) is 2.84. The molecule has 0 aliphatic carbocycles. The fourth-order valence-corrected chi connectivity index (χ4v) is 1.60. The summed E-state index contributed by atoms with van der Waals surface area (Å²) in [5.41, 5.74) is 7.41. The maximum absolute atomic E-state index is 8.80. The quantitative estimate of drug-likeness (QED) is 0.710. The summed E-state index contributed by atoms with van der Waals surface area (Å²) in [6.07, 6.45) is 1.59. The Hall–Kier alpha value is -1.92. The van der Waals surface area contributed by atoms with Crippen molar-refractivity contribution in [3.63, 3.8) is 0 Å². The molecule has 2 rings (SSSR count). The molecule has 18 heavy (non-hydrogen) atoms. The minimum atomic E-state index is 0.196. The minimum absolute atomic E-state index is 0.196. The topological polar surface area (TPSA) is 97.2 Å². The first kappa shape index (κ1) is 12.5. The highest BCUT2D eigenvalue weighted by atomic mass is 16.4. The van der Waals surface area contributed by atoms with E-state index in [1.807, 2.05) is 24.3 Å². The van der Waals surface area contributed by atoms with Crippen molar-refractivity contribution in [3.8, 4) is 0 Å². The van der Waals surface area contributed by atoms with Gasteiger partial charge in [0.15, 0.2) is 0 Å². The number of hydrogen-bond donors (Lipinski definition) is 3. The first-order valence-electron chi connectivity index (χ1n) is 5.81. The van der Waals surface area contributed by atoms with E-state index in [1.54, 1.807) is 0 Å². The van der Waals surface area contributed by atoms with Crippen LogP contribution in [0, 0.1) is 0 Å². The van der Waals surface area contributed by atoms with E-state index in [4.69, 9.17) is 15.3 Å². The maximum atomic E-state index is 8.80. The van der Waals surface area contributed by atoms with E-state index in [0.717, 1.165) is 24.1 Å². The van der Waals surface area contributed by atoms with Crippen molar-refractivity contribution in [2.75, 3.05) is 11.9 Å². The van der Waals surface area contributed by atoms with Crippen molar-refractivity contribution >= 4 is 11.7 Å². The molecule has 6 nitrogen and oxygen atoms in total. The zero-order valence-corrected chi connectivity index (χ0v) is 9.97. The highest BCUT2D eigenvalue weighted by Crippen LogP contribution is 2.17. The Morgan fingerprint density at radius 3 is 2.94 bits per heavy atom. The van der Waals surface area contributed by atoms with Gasteiger partial charge in [-0.1, -0.05) is 17.2 Å². The van der Waals surface area contributed by atoms with Crippen LogP contribution in [0.5, 0.6) is 0 Å². The van der Waals surface area contributed by atoms with Gasteiger partial charge in [-0.2, -0.15) is 0 Å². The summed E-state index contributed by atoms with van der Waals surface area (Å²) >= 11 is 0. The van der Waals surface area contributed by atoms with E-state index in [-0.39, 0.29) is 13.2 Å². The van der Waals surface area contributed by atoms with Crippen molar-refractivity contribution in [2.45, 2.75) is 19.4 Å². The van der Waals surface area contributed by atoms with Gasteiger partial charge in [-0.3, -0.25) is 0 Å². The number of aryl methyl sites for hydroxylation is 1. The van der Waals surface area contributed by atoms with Gasteiger partial charge in [-0.05, 0) is 30.5 Å². The molecule has 0 radical (unpaired) electrons. The third-order valence-corrected chi connectivity index (χ3v) is 2.44. The van der Waals surface area contributed by atoms with Crippen molar-refractivity contribution in [2.24, 2.45) is 5.73 Å². The second-order valence-electron chi connectivity index (χ2n) is 3.86. The third-order valence-electron chi connectivity index (χ3n) is 2.44. The Morgan fingerprint density at radius 1 is 1.33 bits per heavy atom. The van der Waals surface area contributed by atoms with E-state index >= 15 is 0 Å². The van der Waals surface area contributed by atoms with Crippen LogP contribution in [0.25, 0.3) is 0 Å². The zero-order chi connectivity index (χ0) is 12.8. The molecule has 0 saturated carbocycles. The molecule has 0 atom stereocenters. The van der Waals surface area contributed by atoms with Gasteiger partial charge in [0.25, 0.3) is 0 Å². The zero-order valence-electron chi connectivity index (χ0n) is 9.97. The SMILES string of the molecule is NCc1nnc(Nc2cccc(CCCO)c2)o1. The number of aromatic nitrogens is 2. The number of benzene rings is 1. The summed E-state index contributed by atoms with van der Waals surface area (Å²) < 4.78 is 5.26. The molecule has 0 saturated heterocycles. The molecule has 0 spiro atoms. The van der Waals surface area contributed by atoms with Crippen LogP contribution in [-0.2, 0) is 13.0 Å². The largest absolute Gasteiger partial charge is 0.406 e. The Labute approximate surface area is 105 Å². The summed E-state index contributed by atoms with van der Waals surface area (Å²) in [6.45, 7) is 0.423. The predicted octanol–water partition coefficient (Wildman–Crippen LogP) is 1.20. The van der Waals surface area contributed by atoms with Gasteiger partial charge >= 0.3 is 6.01 Å². The highest BCUT2D eigenvalue weighted by Gasteiger charge is 2.04. The van der Waals surface area contributed by atoms with E-state index < -0.39 is 0 Å². The molecule has 2 aromatic rings. The Kier molecular flexibility index (Phi) is 4.27. The first-order chi connectivity index (χ1) is 8.81. The minimum Gasteiger partial charge on any atom is -0.406 e. The van der Waals surface area contributed by atoms with E-state index in [0.29, 0.717) is 11.9 Å². The number of hydrogen-bond acceptors (Lipinski definition) is 6. The summed E-state index contributed by atoms with van der Waals surface area (Å²) in [7, 11) is 0. The van der Waals surface area contributed by atoms with Gasteiger partial charge in [0, 0.05) is 12.3 Å². The van der Waals surface area contributed by atoms with Crippen molar-refractivity contribution in [3.05, 3.63) is 35.7 Å². The predicted molar refractivity (Wildman–Crippen MR) is 67.3 cm³/mol. The molecule has 0 amide bonds. The lowest BCUT2D eigenvalue weighted by Crippen LogP contribution is -1.95. The molecule has 0 bridgehead atoms. The number of aliphatic hydroxyl groups excluding tert-OH is 1. The van der Waals surface area contributed by atoms with Gasteiger partial charge in [0.05, 0.1) is 6.54 Å². The lowest BCUT2D eigenvalue weighted by atomic mass is 10.1. The van der Waals surface area contributed by atoms with Crippen molar-refractivity contribution in [1.82, 2.24) is 10.2 Å². The van der Waals surface area contributed by atoms with Gasteiger partial charge in [0.1, 0.15) is 0 Å². The van der Waals surface area contributed by atoms with Gasteiger partial charge in [0.2, 0.25) is 5.89 Å².